The number of halogens is 1. The third-order valence-corrected chi connectivity index (χ3v) is 4.85. The van der Waals surface area contributed by atoms with Gasteiger partial charge >= 0.3 is 0 Å². The van der Waals surface area contributed by atoms with E-state index in [0.717, 1.165) is 24.6 Å². The molecule has 182 valence electrons. The summed E-state index contributed by atoms with van der Waals surface area (Å²) >= 11 is 0. The molecule has 0 aliphatic heterocycles. The van der Waals surface area contributed by atoms with Crippen LogP contribution < -0.4 is 16.0 Å². The molecule has 0 aliphatic carbocycles. The maximum Gasteiger partial charge on any atom is 0.251 e. The number of nitrogens with one attached hydrogen (secondary N) is 3. The quantitative estimate of drug-likeness (QED) is 0.209. The number of ether oxygens (including phenoxy) is 1. The number of aliphatic imine (C=N–C) groups is 1. The van der Waals surface area contributed by atoms with Gasteiger partial charge in [-0.2, -0.15) is 0 Å². The second kappa shape index (κ2) is 16.4. The van der Waals surface area contributed by atoms with Gasteiger partial charge in [-0.05, 0) is 43.3 Å². The molecule has 0 saturated carbocycles. The highest BCUT2D eigenvalue weighted by atomic mass is 127. The van der Waals surface area contributed by atoms with Crippen molar-refractivity contribution in [1.29, 1.82) is 0 Å². The van der Waals surface area contributed by atoms with Crippen molar-refractivity contribution >= 4 is 35.8 Å². The highest BCUT2D eigenvalue weighted by Crippen LogP contribution is 2.06. The van der Waals surface area contributed by atoms with Gasteiger partial charge in [0, 0.05) is 38.8 Å². The number of nitrogens with zero attached hydrogens (tertiary/aromatic N) is 2. The Labute approximate surface area is 215 Å². The van der Waals surface area contributed by atoms with Crippen molar-refractivity contribution in [2.24, 2.45) is 10.9 Å². The summed E-state index contributed by atoms with van der Waals surface area (Å²) in [7, 11) is 5.72. The average molecular weight is 568 g/mol. The van der Waals surface area contributed by atoms with Crippen LogP contribution in [0.2, 0.25) is 0 Å². The molecule has 3 N–H and O–H groups in total. The Bertz CT molecular complexity index is 846. The topological polar surface area (TPSA) is 78.0 Å². The molecule has 0 spiro atoms. The third kappa shape index (κ3) is 12.0. The predicted octanol–water partition coefficient (Wildman–Crippen LogP) is 3.11. The van der Waals surface area contributed by atoms with Gasteiger partial charge < -0.3 is 25.6 Å². The molecule has 0 aliphatic rings. The number of amides is 1. The maximum absolute atomic E-state index is 12.3. The lowest BCUT2D eigenvalue weighted by Crippen LogP contribution is -2.39. The number of carbonyl (C=O) groups excluding carboxylic acids is 1. The zero-order valence-corrected chi connectivity index (χ0v) is 22.5. The Morgan fingerprint density at radius 2 is 1.76 bits per heavy atom. The fourth-order valence-corrected chi connectivity index (χ4v) is 3.01. The fraction of sp³-hybridized carbons (Fsp3) is 0.440. The van der Waals surface area contributed by atoms with Gasteiger partial charge in [0.05, 0.1) is 13.2 Å². The van der Waals surface area contributed by atoms with E-state index in [0.29, 0.717) is 37.8 Å². The number of benzene rings is 2. The van der Waals surface area contributed by atoms with Crippen molar-refractivity contribution in [3.05, 3.63) is 71.3 Å². The molecule has 1 atom stereocenters. The Morgan fingerprint density at radius 3 is 2.45 bits per heavy atom. The average Bonchev–Trinajstić information content (AvgIpc) is 2.80. The molecule has 8 heteroatoms. The normalized spacial score (nSPS) is 12.1. The van der Waals surface area contributed by atoms with Crippen LogP contribution in [0.4, 0.5) is 0 Å². The minimum atomic E-state index is -0.0551. The van der Waals surface area contributed by atoms with Crippen LogP contribution in [-0.2, 0) is 17.9 Å². The van der Waals surface area contributed by atoms with Crippen molar-refractivity contribution < 1.29 is 9.53 Å². The van der Waals surface area contributed by atoms with E-state index in [1.807, 2.05) is 61.5 Å². The first-order chi connectivity index (χ1) is 15.5. The van der Waals surface area contributed by atoms with E-state index < -0.39 is 0 Å². The molecule has 0 heterocycles. The van der Waals surface area contributed by atoms with Crippen LogP contribution in [-0.4, -0.2) is 64.2 Å². The molecule has 0 saturated heterocycles. The van der Waals surface area contributed by atoms with Crippen molar-refractivity contribution in [3.8, 4) is 0 Å². The van der Waals surface area contributed by atoms with Crippen molar-refractivity contribution in [1.82, 2.24) is 20.9 Å². The summed E-state index contributed by atoms with van der Waals surface area (Å²) in [6.07, 6.45) is 0. The lowest BCUT2D eigenvalue weighted by molar-refractivity contribution is 0.0931. The number of hydrogen-bond donors (Lipinski definition) is 3. The van der Waals surface area contributed by atoms with Crippen LogP contribution in [0, 0.1) is 5.92 Å². The van der Waals surface area contributed by atoms with Gasteiger partial charge in [-0.25, -0.2) is 0 Å². The third-order valence-electron chi connectivity index (χ3n) is 4.85. The summed E-state index contributed by atoms with van der Waals surface area (Å²) in [6, 6.07) is 17.8. The first-order valence-corrected chi connectivity index (χ1v) is 11.1. The zero-order valence-electron chi connectivity index (χ0n) is 20.1. The first kappa shape index (κ1) is 28.9. The van der Waals surface area contributed by atoms with Gasteiger partial charge in [0.25, 0.3) is 5.91 Å². The molecule has 2 rings (SSSR count). The van der Waals surface area contributed by atoms with E-state index in [-0.39, 0.29) is 29.9 Å². The smallest absolute Gasteiger partial charge is 0.251 e. The lowest BCUT2D eigenvalue weighted by Gasteiger charge is -2.16. The molecule has 0 bridgehead atoms. The van der Waals surface area contributed by atoms with E-state index in [1.54, 1.807) is 7.05 Å². The summed E-state index contributed by atoms with van der Waals surface area (Å²) in [5.74, 6) is 1.01. The highest BCUT2D eigenvalue weighted by Gasteiger charge is 2.08. The SMILES string of the molecule is CN=C(NCc1cccc(C(=O)NCCN(C)C)c1)NCC(C)COCc1ccccc1.I. The molecule has 1 unspecified atom stereocenters. The first-order valence-electron chi connectivity index (χ1n) is 11.1. The minimum absolute atomic E-state index is 0. The van der Waals surface area contributed by atoms with Gasteiger partial charge in [-0.1, -0.05) is 49.4 Å². The summed E-state index contributed by atoms with van der Waals surface area (Å²) in [5, 5.41) is 9.59. The zero-order chi connectivity index (χ0) is 23.2. The standard InChI is InChI=1S/C25H37N5O2.HI/c1-20(18-32-19-21-9-6-5-7-10-21)16-28-25(26-2)29-17-22-11-8-12-23(15-22)24(31)27-13-14-30(3)4;/h5-12,15,20H,13-14,16-19H2,1-4H3,(H,27,31)(H2,26,28,29);1H. The van der Waals surface area contributed by atoms with Crippen LogP contribution in [0.25, 0.3) is 0 Å². The van der Waals surface area contributed by atoms with Crippen LogP contribution in [0.3, 0.4) is 0 Å². The van der Waals surface area contributed by atoms with E-state index in [9.17, 15) is 4.79 Å². The largest absolute Gasteiger partial charge is 0.376 e. The molecule has 2 aromatic rings. The van der Waals surface area contributed by atoms with Crippen molar-refractivity contribution in [2.75, 3.05) is 47.4 Å². The number of rotatable bonds is 12. The molecule has 33 heavy (non-hydrogen) atoms. The summed E-state index contributed by atoms with van der Waals surface area (Å²) in [5.41, 5.74) is 2.86. The van der Waals surface area contributed by atoms with Crippen LogP contribution >= 0.6 is 24.0 Å². The minimum Gasteiger partial charge on any atom is -0.376 e. The fourth-order valence-electron chi connectivity index (χ4n) is 3.01. The number of likely N-dealkylation sites (N-methyl/N-ethyl adjacent to an activating group) is 1. The highest BCUT2D eigenvalue weighted by molar-refractivity contribution is 14.0. The number of guanidine groups is 1. The molecule has 0 radical (unpaired) electrons. The predicted molar refractivity (Wildman–Crippen MR) is 146 cm³/mol. The van der Waals surface area contributed by atoms with Crippen LogP contribution in [0.15, 0.2) is 59.6 Å². The van der Waals surface area contributed by atoms with Crippen molar-refractivity contribution in [3.63, 3.8) is 0 Å². The van der Waals surface area contributed by atoms with Gasteiger partial charge in [-0.15, -0.1) is 24.0 Å². The summed E-state index contributed by atoms with van der Waals surface area (Å²) in [6.45, 7) is 6.20. The molecule has 0 aromatic heterocycles. The van der Waals surface area contributed by atoms with Gasteiger partial charge in [0.1, 0.15) is 0 Å². The molecular weight excluding hydrogens is 529 g/mol. The maximum atomic E-state index is 12.3. The number of carbonyl (C=O) groups is 1. The molecular formula is C25H38IN5O2. The Balaban J connectivity index is 0.00000544. The summed E-state index contributed by atoms with van der Waals surface area (Å²) < 4.78 is 5.81. The second-order valence-corrected chi connectivity index (χ2v) is 8.17. The molecule has 0 fully saturated rings. The second-order valence-electron chi connectivity index (χ2n) is 8.17. The van der Waals surface area contributed by atoms with Crippen LogP contribution in [0.5, 0.6) is 0 Å². The number of hydrogen-bond acceptors (Lipinski definition) is 4. The van der Waals surface area contributed by atoms with Gasteiger partial charge in [0.2, 0.25) is 0 Å². The van der Waals surface area contributed by atoms with Crippen LogP contribution in [0.1, 0.15) is 28.4 Å². The van der Waals surface area contributed by atoms with E-state index in [2.05, 4.69) is 40.0 Å². The lowest BCUT2D eigenvalue weighted by atomic mass is 10.1. The molecule has 7 nitrogen and oxygen atoms in total. The molecule has 2 aromatic carbocycles. The van der Waals surface area contributed by atoms with Crippen molar-refractivity contribution in [2.45, 2.75) is 20.1 Å². The van der Waals surface area contributed by atoms with E-state index in [4.69, 9.17) is 4.74 Å². The van der Waals surface area contributed by atoms with Gasteiger partial charge in [0.15, 0.2) is 5.96 Å². The molecule has 1 amide bonds. The van der Waals surface area contributed by atoms with Gasteiger partial charge in [-0.3, -0.25) is 9.79 Å². The van der Waals surface area contributed by atoms with E-state index in [1.165, 1.54) is 5.56 Å². The Kier molecular flexibility index (Phi) is 14.4. The monoisotopic (exact) mass is 567 g/mol. The Morgan fingerprint density at radius 1 is 1.03 bits per heavy atom. The van der Waals surface area contributed by atoms with E-state index >= 15 is 0 Å². The summed E-state index contributed by atoms with van der Waals surface area (Å²) in [4.78, 5) is 18.7. The Hall–Kier alpha value is -2.17.